The third-order valence-corrected chi connectivity index (χ3v) is 4.39. The van der Waals surface area contributed by atoms with Crippen LogP contribution in [-0.4, -0.2) is 11.0 Å². The molecular formula is C19H18BrN3O. The van der Waals surface area contributed by atoms with E-state index in [2.05, 4.69) is 31.5 Å². The minimum atomic E-state index is -0.229. The summed E-state index contributed by atoms with van der Waals surface area (Å²) in [6.45, 7) is 3.89. The summed E-state index contributed by atoms with van der Waals surface area (Å²) in [5.41, 5.74) is 2.74. The van der Waals surface area contributed by atoms with Gasteiger partial charge in [0, 0.05) is 27.1 Å². The molecule has 2 aromatic carbocycles. The maximum Gasteiger partial charge on any atom is 0.319 e. The summed E-state index contributed by atoms with van der Waals surface area (Å²) in [6.07, 6.45) is 1.82. The molecule has 5 heteroatoms. The zero-order valence-corrected chi connectivity index (χ0v) is 15.1. The second kappa shape index (κ2) is 7.01. The normalized spacial score (nSPS) is 12.0. The molecule has 0 radical (unpaired) electrons. The number of nitrogens with one attached hydrogen (secondary N) is 2. The predicted molar refractivity (Wildman–Crippen MR) is 101 cm³/mol. The molecule has 122 valence electrons. The average Bonchev–Trinajstić information content (AvgIpc) is 2.56. The number of urea groups is 1. The van der Waals surface area contributed by atoms with Crippen molar-refractivity contribution in [2.45, 2.75) is 19.9 Å². The van der Waals surface area contributed by atoms with Crippen LogP contribution in [0, 0.1) is 6.92 Å². The van der Waals surface area contributed by atoms with Crippen LogP contribution in [0.5, 0.6) is 0 Å². The van der Waals surface area contributed by atoms with Gasteiger partial charge in [0.15, 0.2) is 0 Å². The zero-order chi connectivity index (χ0) is 17.1. The molecule has 0 bridgehead atoms. The SMILES string of the molecule is Cc1cc2c(NC(=O)NC(C)c3ccc(Br)cc3)cccc2cn1. The number of nitrogens with zero attached hydrogens (tertiary/aromatic N) is 1. The second-order valence-corrected chi connectivity index (χ2v) is 6.64. The Kier molecular flexibility index (Phi) is 4.81. The molecule has 0 spiro atoms. The van der Waals surface area contributed by atoms with Gasteiger partial charge in [0.25, 0.3) is 0 Å². The van der Waals surface area contributed by atoms with Gasteiger partial charge in [0.1, 0.15) is 0 Å². The molecule has 0 aliphatic heterocycles. The molecule has 3 aromatic rings. The number of hydrogen-bond acceptors (Lipinski definition) is 2. The number of carbonyl (C=O) groups excluding carboxylic acids is 1. The van der Waals surface area contributed by atoms with E-state index in [0.717, 1.165) is 32.2 Å². The zero-order valence-electron chi connectivity index (χ0n) is 13.5. The van der Waals surface area contributed by atoms with Crippen LogP contribution in [0.1, 0.15) is 24.2 Å². The highest BCUT2D eigenvalue weighted by Gasteiger charge is 2.11. The number of pyridine rings is 1. The van der Waals surface area contributed by atoms with Crippen LogP contribution < -0.4 is 10.6 Å². The average molecular weight is 384 g/mol. The number of aromatic nitrogens is 1. The van der Waals surface area contributed by atoms with Crippen molar-refractivity contribution in [3.8, 4) is 0 Å². The minimum Gasteiger partial charge on any atom is -0.331 e. The quantitative estimate of drug-likeness (QED) is 0.653. The lowest BCUT2D eigenvalue weighted by atomic mass is 10.1. The molecular weight excluding hydrogens is 366 g/mol. The van der Waals surface area contributed by atoms with Crippen molar-refractivity contribution in [3.63, 3.8) is 0 Å². The van der Waals surface area contributed by atoms with Crippen LogP contribution in [0.25, 0.3) is 10.8 Å². The molecule has 0 aliphatic rings. The van der Waals surface area contributed by atoms with Crippen LogP contribution in [0.15, 0.2) is 59.2 Å². The standard InChI is InChI=1S/C19H18BrN3O/c1-12-10-17-15(11-21-12)4-3-5-18(17)23-19(24)22-13(2)14-6-8-16(20)9-7-14/h3-11,13H,1-2H3,(H2,22,23,24). The Hall–Kier alpha value is -2.40. The summed E-state index contributed by atoms with van der Waals surface area (Å²) in [5, 5.41) is 7.88. The molecule has 1 heterocycles. The van der Waals surface area contributed by atoms with Crippen molar-refractivity contribution in [1.82, 2.24) is 10.3 Å². The Labute approximate surface area is 149 Å². The first-order valence-corrected chi connectivity index (χ1v) is 8.50. The fourth-order valence-corrected chi connectivity index (χ4v) is 2.84. The van der Waals surface area contributed by atoms with Gasteiger partial charge in [-0.05, 0) is 43.7 Å². The maximum atomic E-state index is 12.3. The van der Waals surface area contributed by atoms with Crippen molar-refractivity contribution in [1.29, 1.82) is 0 Å². The van der Waals surface area contributed by atoms with Gasteiger partial charge in [0.05, 0.1) is 11.7 Å². The Morgan fingerprint density at radius 3 is 2.67 bits per heavy atom. The van der Waals surface area contributed by atoms with E-state index in [1.54, 1.807) is 0 Å². The number of amides is 2. The van der Waals surface area contributed by atoms with Gasteiger partial charge < -0.3 is 10.6 Å². The first kappa shape index (κ1) is 16.5. The number of hydrogen-bond donors (Lipinski definition) is 2. The van der Waals surface area contributed by atoms with Crippen molar-refractivity contribution < 1.29 is 4.79 Å². The van der Waals surface area contributed by atoms with E-state index < -0.39 is 0 Å². The highest BCUT2D eigenvalue weighted by atomic mass is 79.9. The monoisotopic (exact) mass is 383 g/mol. The van der Waals surface area contributed by atoms with Crippen molar-refractivity contribution in [2.24, 2.45) is 0 Å². The molecule has 1 aromatic heterocycles. The summed E-state index contributed by atoms with van der Waals surface area (Å²) in [5.74, 6) is 0. The van der Waals surface area contributed by atoms with Crippen LogP contribution in [0.2, 0.25) is 0 Å². The summed E-state index contributed by atoms with van der Waals surface area (Å²) >= 11 is 3.41. The fourth-order valence-electron chi connectivity index (χ4n) is 2.57. The summed E-state index contributed by atoms with van der Waals surface area (Å²) in [4.78, 5) is 16.6. The smallest absolute Gasteiger partial charge is 0.319 e. The Bertz CT molecular complexity index is 877. The topological polar surface area (TPSA) is 54.0 Å². The van der Waals surface area contributed by atoms with E-state index >= 15 is 0 Å². The van der Waals surface area contributed by atoms with E-state index in [0.29, 0.717) is 0 Å². The lowest BCUT2D eigenvalue weighted by Crippen LogP contribution is -2.31. The van der Waals surface area contributed by atoms with E-state index in [9.17, 15) is 4.79 Å². The highest BCUT2D eigenvalue weighted by molar-refractivity contribution is 9.10. The fraction of sp³-hybridized carbons (Fsp3) is 0.158. The minimum absolute atomic E-state index is 0.0866. The largest absolute Gasteiger partial charge is 0.331 e. The number of carbonyl (C=O) groups is 1. The summed E-state index contributed by atoms with van der Waals surface area (Å²) in [6, 6.07) is 15.3. The highest BCUT2D eigenvalue weighted by Crippen LogP contribution is 2.23. The summed E-state index contributed by atoms with van der Waals surface area (Å²) < 4.78 is 1.02. The van der Waals surface area contributed by atoms with E-state index in [1.807, 2.05) is 68.6 Å². The molecule has 4 nitrogen and oxygen atoms in total. The first-order valence-electron chi connectivity index (χ1n) is 7.71. The van der Waals surface area contributed by atoms with Gasteiger partial charge in [-0.2, -0.15) is 0 Å². The Morgan fingerprint density at radius 2 is 1.92 bits per heavy atom. The molecule has 24 heavy (non-hydrogen) atoms. The lowest BCUT2D eigenvalue weighted by molar-refractivity contribution is 0.249. The number of fused-ring (bicyclic) bond motifs is 1. The van der Waals surface area contributed by atoms with Gasteiger partial charge in [-0.25, -0.2) is 4.79 Å². The van der Waals surface area contributed by atoms with E-state index in [4.69, 9.17) is 0 Å². The van der Waals surface area contributed by atoms with E-state index in [1.165, 1.54) is 0 Å². The van der Waals surface area contributed by atoms with Crippen molar-refractivity contribution >= 4 is 38.4 Å². The van der Waals surface area contributed by atoms with Gasteiger partial charge in [-0.15, -0.1) is 0 Å². The van der Waals surface area contributed by atoms with Crippen LogP contribution in [0.4, 0.5) is 10.5 Å². The molecule has 0 fully saturated rings. The number of benzene rings is 2. The van der Waals surface area contributed by atoms with Gasteiger partial charge in [0.2, 0.25) is 0 Å². The maximum absolute atomic E-state index is 12.3. The number of anilines is 1. The molecule has 2 amide bonds. The van der Waals surface area contributed by atoms with Crippen molar-refractivity contribution in [3.05, 3.63) is 70.5 Å². The lowest BCUT2D eigenvalue weighted by Gasteiger charge is -2.16. The molecule has 2 N–H and O–H groups in total. The van der Waals surface area contributed by atoms with Crippen molar-refractivity contribution in [2.75, 3.05) is 5.32 Å². The predicted octanol–water partition coefficient (Wildman–Crippen LogP) is 5.19. The number of rotatable bonds is 3. The molecule has 0 aliphatic carbocycles. The molecule has 1 unspecified atom stereocenters. The molecule has 3 rings (SSSR count). The first-order chi connectivity index (χ1) is 11.5. The summed E-state index contributed by atoms with van der Waals surface area (Å²) in [7, 11) is 0. The third kappa shape index (κ3) is 3.74. The van der Waals surface area contributed by atoms with Crippen LogP contribution in [0.3, 0.4) is 0 Å². The Morgan fingerprint density at radius 1 is 1.17 bits per heavy atom. The van der Waals surface area contributed by atoms with Crippen LogP contribution in [-0.2, 0) is 0 Å². The molecule has 0 saturated heterocycles. The molecule has 1 atom stereocenters. The Balaban J connectivity index is 1.75. The number of halogens is 1. The van der Waals surface area contributed by atoms with Gasteiger partial charge >= 0.3 is 6.03 Å². The van der Waals surface area contributed by atoms with Gasteiger partial charge in [-0.1, -0.05) is 40.2 Å². The number of aryl methyl sites for hydroxylation is 1. The second-order valence-electron chi connectivity index (χ2n) is 5.72. The van der Waals surface area contributed by atoms with Gasteiger partial charge in [-0.3, -0.25) is 4.98 Å². The third-order valence-electron chi connectivity index (χ3n) is 3.87. The van der Waals surface area contributed by atoms with E-state index in [-0.39, 0.29) is 12.1 Å². The van der Waals surface area contributed by atoms with Crippen LogP contribution >= 0.6 is 15.9 Å². The molecule has 0 saturated carbocycles.